The smallest absolute Gasteiger partial charge is 0.508 e. The van der Waals surface area contributed by atoms with Gasteiger partial charge in [-0.3, -0.25) is 76.9 Å². The Labute approximate surface area is 575 Å². The first-order chi connectivity index (χ1) is 46.8. The Bertz CT molecular complexity index is 3280. The van der Waals surface area contributed by atoms with Gasteiger partial charge in [0.2, 0.25) is 65.0 Å². The number of likely N-dealkylation sites (tertiary alicyclic amines) is 1. The molecular formula is C63H93N12O24P. The van der Waals surface area contributed by atoms with Gasteiger partial charge in [-0.2, -0.15) is 0 Å². The fourth-order valence-electron chi connectivity index (χ4n) is 10.3. The van der Waals surface area contributed by atoms with Gasteiger partial charge in [0.15, 0.2) is 0 Å². The number of benzene rings is 2. The van der Waals surface area contributed by atoms with Crippen molar-refractivity contribution in [1.82, 2.24) is 52.8 Å². The van der Waals surface area contributed by atoms with Crippen molar-refractivity contribution in [3.8, 4) is 11.5 Å². The topological polar surface area (TPSA) is 588 Å². The number of phenols is 1. The SMILES string of the molecule is CC[C@H](C)[C@H](NC(=O)[C@@H]1CCCN1C(=O)[C@@H](NC(=O)[C@H](CCC(=O)O)NC(=O)[C@H](CCC(=O)O)NC(=O)[C@H](Cc1ccc(OP(=O)(O)O)cc1)NC(=O)[C@H](CCC(N)=O)NC(=O)CNC(=O)[C@@H](N)CCC(=O)O)[C@@H](C)CC)C(=O)N[C@@H](Cc1ccc(O)cc1)C(=O)N[C@@H](CC(C)C)C(=O)O. The Kier molecular flexibility index (Phi) is 34.6. The third-order valence-corrected chi connectivity index (χ3v) is 16.7. The first-order valence-electron chi connectivity index (χ1n) is 32.4. The predicted molar refractivity (Wildman–Crippen MR) is 351 cm³/mol. The minimum absolute atomic E-state index is 0.0471. The van der Waals surface area contributed by atoms with Crippen molar-refractivity contribution in [2.45, 2.75) is 198 Å². The summed E-state index contributed by atoms with van der Waals surface area (Å²) in [5.74, 6) is -18.7. The molecule has 37 heteroatoms. The lowest BCUT2D eigenvalue weighted by atomic mass is 9.95. The molecule has 36 nitrogen and oxygen atoms in total. The zero-order valence-corrected chi connectivity index (χ0v) is 57.2. The van der Waals surface area contributed by atoms with Crippen LogP contribution in [0.4, 0.5) is 0 Å². The number of hydrogen-bond acceptors (Lipinski definition) is 19. The van der Waals surface area contributed by atoms with Gasteiger partial charge < -0.3 is 94.3 Å². The van der Waals surface area contributed by atoms with Gasteiger partial charge in [-0.1, -0.05) is 78.6 Å². The van der Waals surface area contributed by atoms with Crippen molar-refractivity contribution in [2.75, 3.05) is 13.1 Å². The van der Waals surface area contributed by atoms with Crippen LogP contribution in [0, 0.1) is 17.8 Å². The summed E-state index contributed by atoms with van der Waals surface area (Å²) in [5, 5.41) is 70.3. The van der Waals surface area contributed by atoms with E-state index >= 15 is 0 Å². The van der Waals surface area contributed by atoms with Crippen molar-refractivity contribution in [3.63, 3.8) is 0 Å². The number of phosphoric acid groups is 1. The minimum Gasteiger partial charge on any atom is -0.508 e. The van der Waals surface area contributed by atoms with Gasteiger partial charge in [-0.05, 0) is 98.1 Å². The van der Waals surface area contributed by atoms with Gasteiger partial charge in [0, 0.05) is 45.1 Å². The number of hydrogen-bond donors (Lipinski definition) is 18. The Morgan fingerprint density at radius 2 is 0.980 bits per heavy atom. The maximum absolute atomic E-state index is 14.9. The average Bonchev–Trinajstić information content (AvgIpc) is 1.56. The van der Waals surface area contributed by atoms with Crippen LogP contribution in [0.3, 0.4) is 0 Å². The number of rotatable bonds is 44. The number of aliphatic carboxylic acids is 4. The molecule has 0 aromatic heterocycles. The summed E-state index contributed by atoms with van der Waals surface area (Å²) < 4.78 is 16.1. The number of carbonyl (C=O) groups excluding carboxylic acids is 11. The molecule has 0 aliphatic carbocycles. The molecular weight excluding hydrogens is 1340 g/mol. The first-order valence-corrected chi connectivity index (χ1v) is 33.9. The third-order valence-electron chi connectivity index (χ3n) is 16.3. The van der Waals surface area contributed by atoms with E-state index in [4.69, 9.17) is 16.6 Å². The quantitative estimate of drug-likeness (QED) is 0.0321. The highest BCUT2D eigenvalue weighted by atomic mass is 31.2. The normalized spacial score (nSPS) is 16.1. The summed E-state index contributed by atoms with van der Waals surface area (Å²) in [6.07, 6.45) is -4.86. The lowest BCUT2D eigenvalue weighted by Crippen LogP contribution is -2.61. The molecule has 0 saturated carbocycles. The van der Waals surface area contributed by atoms with E-state index in [0.717, 1.165) is 12.1 Å². The summed E-state index contributed by atoms with van der Waals surface area (Å²) in [7, 11) is -5.08. The molecule has 1 aliphatic heterocycles. The van der Waals surface area contributed by atoms with E-state index in [1.165, 1.54) is 41.3 Å². The number of nitrogens with two attached hydrogens (primary N) is 2. The minimum atomic E-state index is -5.08. The van der Waals surface area contributed by atoms with Crippen LogP contribution in [-0.4, -0.2) is 203 Å². The molecule has 1 heterocycles. The lowest BCUT2D eigenvalue weighted by molar-refractivity contribution is -0.144. The van der Waals surface area contributed by atoms with E-state index < -0.39 is 227 Å². The summed E-state index contributed by atoms with van der Waals surface area (Å²) in [6, 6.07) is -5.35. The summed E-state index contributed by atoms with van der Waals surface area (Å²) in [4.78, 5) is 220. The summed E-state index contributed by atoms with van der Waals surface area (Å²) in [5.41, 5.74) is 11.6. The zero-order chi connectivity index (χ0) is 75.3. The van der Waals surface area contributed by atoms with Gasteiger partial charge in [0.05, 0.1) is 12.6 Å². The second kappa shape index (κ2) is 40.9. The van der Waals surface area contributed by atoms with E-state index in [2.05, 4.69) is 52.4 Å². The molecule has 0 unspecified atom stereocenters. The lowest BCUT2D eigenvalue weighted by Gasteiger charge is -2.33. The van der Waals surface area contributed by atoms with Crippen LogP contribution in [0.25, 0.3) is 0 Å². The van der Waals surface area contributed by atoms with Gasteiger partial charge in [-0.15, -0.1) is 0 Å². The maximum Gasteiger partial charge on any atom is 0.524 e. The van der Waals surface area contributed by atoms with Crippen molar-refractivity contribution >= 4 is 96.7 Å². The molecule has 3 rings (SSSR count). The van der Waals surface area contributed by atoms with Crippen LogP contribution in [0.1, 0.15) is 136 Å². The molecule has 100 heavy (non-hydrogen) atoms. The number of nitrogens with zero attached hydrogens (tertiary/aromatic N) is 1. The van der Waals surface area contributed by atoms with Gasteiger partial charge in [0.25, 0.3) is 0 Å². The van der Waals surface area contributed by atoms with Gasteiger partial charge in [-0.25, -0.2) is 9.36 Å². The van der Waals surface area contributed by atoms with Gasteiger partial charge >= 0.3 is 31.7 Å². The van der Waals surface area contributed by atoms with E-state index in [9.17, 15) is 107 Å². The van der Waals surface area contributed by atoms with Crippen LogP contribution in [0.5, 0.6) is 11.5 Å². The van der Waals surface area contributed by atoms with Crippen molar-refractivity contribution < 1.29 is 116 Å². The molecule has 0 spiro atoms. The highest BCUT2D eigenvalue weighted by molar-refractivity contribution is 7.46. The molecule has 554 valence electrons. The van der Waals surface area contributed by atoms with Crippen molar-refractivity contribution in [3.05, 3.63) is 59.7 Å². The molecule has 20 N–H and O–H groups in total. The molecule has 2 aromatic carbocycles. The van der Waals surface area contributed by atoms with E-state index in [-0.39, 0.29) is 68.1 Å². The Hall–Kier alpha value is -9.80. The molecule has 11 amide bonds. The number of carboxylic acids is 4. The standard InChI is InChI=1S/C63H93N12O24P/c1-7-33(5)52(61(92)71-44(29-35-11-15-37(76)16-12-35)59(90)72-45(63(94)95)28-32(3)4)73-60(91)46-10-9-27-75(46)62(93)53(34(6)8-2)74-57(88)42(22-26-51(83)84)68-56(87)41(21-25-50(81)82)69-58(89)43(30-36-13-17-38(18-14-36)99-100(96,97)98)70-55(86)40(20-23-47(65)77)67-48(78)31-66-54(85)39(64)19-24-49(79)80/h11-18,32-34,39-46,52-53,76H,7-10,19-31,64H2,1-6H3,(H2,65,77)(H,66,85)(H,67,78)(H,68,87)(H,69,89)(H,70,86)(H,71,92)(H,72,90)(H,73,91)(H,74,88)(H,79,80)(H,81,82)(H,83,84)(H,94,95)(H2,96,97,98)/t33-,34-,39-,40-,41-,42-,43-,44-,45-,46-,52-,53-/m0/s1. The van der Waals surface area contributed by atoms with Crippen molar-refractivity contribution in [1.29, 1.82) is 0 Å². The number of aromatic hydroxyl groups is 1. The third kappa shape index (κ3) is 29.7. The molecule has 2 aromatic rings. The van der Waals surface area contributed by atoms with Crippen LogP contribution in [0.2, 0.25) is 0 Å². The zero-order valence-electron chi connectivity index (χ0n) is 56.3. The van der Waals surface area contributed by atoms with Crippen LogP contribution < -0.4 is 63.8 Å². The van der Waals surface area contributed by atoms with Crippen LogP contribution in [0.15, 0.2) is 48.5 Å². The molecule has 12 atom stereocenters. The fourth-order valence-corrected chi connectivity index (χ4v) is 10.7. The van der Waals surface area contributed by atoms with E-state index in [1.807, 2.05) is 0 Å². The molecule has 1 aliphatic rings. The van der Waals surface area contributed by atoms with E-state index in [0.29, 0.717) is 12.0 Å². The number of phenolic OH excluding ortho intramolecular Hbond substituents is 1. The molecule has 0 bridgehead atoms. The number of carbonyl (C=O) groups is 15. The van der Waals surface area contributed by atoms with Gasteiger partial charge in [0.1, 0.15) is 65.9 Å². The monoisotopic (exact) mass is 1430 g/mol. The van der Waals surface area contributed by atoms with Crippen molar-refractivity contribution in [2.24, 2.45) is 29.2 Å². The predicted octanol–water partition coefficient (Wildman–Crippen LogP) is -1.96. The summed E-state index contributed by atoms with van der Waals surface area (Å²) >= 11 is 0. The maximum atomic E-state index is 14.9. The first kappa shape index (κ1) is 84.4. The Morgan fingerprint density at radius 1 is 0.550 bits per heavy atom. The molecule has 0 radical (unpaired) electrons. The van der Waals surface area contributed by atoms with E-state index in [1.54, 1.807) is 41.5 Å². The number of carboxylic acid groups (broad SMARTS) is 4. The highest BCUT2D eigenvalue weighted by Crippen LogP contribution is 2.37. The average molecular weight is 1430 g/mol. The fraction of sp³-hybridized carbons (Fsp3) is 0.571. The highest BCUT2D eigenvalue weighted by Gasteiger charge is 2.43. The molecule has 1 fully saturated rings. The second-order valence-electron chi connectivity index (χ2n) is 24.8. The number of amides is 11. The summed E-state index contributed by atoms with van der Waals surface area (Å²) in [6.45, 7) is 9.24. The van der Waals surface area contributed by atoms with Crippen LogP contribution >= 0.6 is 7.82 Å². The second-order valence-corrected chi connectivity index (χ2v) is 25.9. The Morgan fingerprint density at radius 3 is 1.45 bits per heavy atom. The number of primary amides is 1. The number of nitrogens with one attached hydrogen (secondary N) is 9. The number of phosphoric ester groups is 1. The molecule has 1 saturated heterocycles. The van der Waals surface area contributed by atoms with Crippen LogP contribution in [-0.2, 0) is 89.3 Å². The Balaban J connectivity index is 1.99. The largest absolute Gasteiger partial charge is 0.524 e.